The van der Waals surface area contributed by atoms with Crippen molar-refractivity contribution in [2.75, 3.05) is 36.9 Å². The minimum Gasteiger partial charge on any atom is -0.378 e. The maximum absolute atomic E-state index is 5.74. The Morgan fingerprint density at radius 3 is 2.58 bits per heavy atom. The summed E-state index contributed by atoms with van der Waals surface area (Å²) in [4.78, 5) is 14.7. The second-order valence-electron chi connectivity index (χ2n) is 4.00. The Hall–Kier alpha value is -1.74. The van der Waals surface area contributed by atoms with E-state index in [0.29, 0.717) is 25.1 Å². The number of hydrogen-bond acceptors (Lipinski definition) is 7. The maximum atomic E-state index is 5.74. The Labute approximate surface area is 117 Å². The monoisotopic (exact) mass is 325 g/mol. The SMILES string of the molecule is Nc1nc(N2CCOCC2)nc(-n2cc(Br)cn2)n1. The van der Waals surface area contributed by atoms with Crippen molar-refractivity contribution in [2.45, 2.75) is 0 Å². The second-order valence-corrected chi connectivity index (χ2v) is 4.91. The first kappa shape index (κ1) is 12.3. The van der Waals surface area contributed by atoms with E-state index in [1.807, 2.05) is 4.90 Å². The zero-order chi connectivity index (χ0) is 13.2. The van der Waals surface area contributed by atoms with Crippen molar-refractivity contribution in [3.63, 3.8) is 0 Å². The summed E-state index contributed by atoms with van der Waals surface area (Å²) in [7, 11) is 0. The van der Waals surface area contributed by atoms with Crippen LogP contribution in [0.4, 0.5) is 11.9 Å². The van der Waals surface area contributed by atoms with E-state index in [9.17, 15) is 0 Å². The molecule has 1 saturated heterocycles. The number of ether oxygens (including phenoxy) is 1. The van der Waals surface area contributed by atoms with Crippen LogP contribution in [-0.2, 0) is 4.74 Å². The van der Waals surface area contributed by atoms with E-state index in [2.05, 4.69) is 36.0 Å². The van der Waals surface area contributed by atoms with Crippen molar-refractivity contribution in [3.8, 4) is 5.95 Å². The molecule has 8 nitrogen and oxygen atoms in total. The Kier molecular flexibility index (Phi) is 3.30. The number of hydrogen-bond donors (Lipinski definition) is 1. The van der Waals surface area contributed by atoms with Gasteiger partial charge in [-0.05, 0) is 15.9 Å². The van der Waals surface area contributed by atoms with Gasteiger partial charge in [0.05, 0.1) is 23.9 Å². The van der Waals surface area contributed by atoms with Gasteiger partial charge in [-0.15, -0.1) is 0 Å². The molecule has 0 aliphatic carbocycles. The normalized spacial score (nSPS) is 15.7. The van der Waals surface area contributed by atoms with Crippen LogP contribution in [0.25, 0.3) is 5.95 Å². The van der Waals surface area contributed by atoms with Crippen molar-refractivity contribution in [2.24, 2.45) is 0 Å². The average molecular weight is 326 g/mol. The molecule has 2 aromatic rings. The molecule has 1 aliphatic rings. The van der Waals surface area contributed by atoms with Gasteiger partial charge in [0.2, 0.25) is 11.9 Å². The number of nitrogen functional groups attached to an aromatic ring is 1. The fraction of sp³-hybridized carbons (Fsp3) is 0.400. The highest BCUT2D eigenvalue weighted by atomic mass is 79.9. The van der Waals surface area contributed by atoms with Gasteiger partial charge in [0, 0.05) is 19.3 Å². The van der Waals surface area contributed by atoms with E-state index >= 15 is 0 Å². The van der Waals surface area contributed by atoms with Crippen LogP contribution in [0.5, 0.6) is 0 Å². The fourth-order valence-corrected chi connectivity index (χ4v) is 2.07. The lowest BCUT2D eigenvalue weighted by molar-refractivity contribution is 0.122. The molecule has 0 unspecified atom stereocenters. The van der Waals surface area contributed by atoms with Crippen LogP contribution in [0, 0.1) is 0 Å². The maximum Gasteiger partial charge on any atom is 0.257 e. The number of anilines is 2. The van der Waals surface area contributed by atoms with E-state index in [1.165, 1.54) is 0 Å². The van der Waals surface area contributed by atoms with Gasteiger partial charge in [0.15, 0.2) is 0 Å². The molecular weight excluding hydrogens is 314 g/mol. The van der Waals surface area contributed by atoms with Crippen LogP contribution in [-0.4, -0.2) is 51.0 Å². The van der Waals surface area contributed by atoms with E-state index in [1.54, 1.807) is 17.1 Å². The molecular formula is C10H12BrN7O. The summed E-state index contributed by atoms with van der Waals surface area (Å²) < 4.78 is 7.70. The molecule has 3 rings (SSSR count). The van der Waals surface area contributed by atoms with E-state index < -0.39 is 0 Å². The number of morpholine rings is 1. The summed E-state index contributed by atoms with van der Waals surface area (Å²) in [6.45, 7) is 2.81. The number of aromatic nitrogens is 5. The van der Waals surface area contributed by atoms with Crippen molar-refractivity contribution >= 4 is 27.8 Å². The van der Waals surface area contributed by atoms with Gasteiger partial charge in [0.1, 0.15) is 0 Å². The van der Waals surface area contributed by atoms with Gasteiger partial charge in [0.25, 0.3) is 5.95 Å². The van der Waals surface area contributed by atoms with Crippen molar-refractivity contribution in [1.82, 2.24) is 24.7 Å². The average Bonchev–Trinajstić information content (AvgIpc) is 2.86. The third kappa shape index (κ3) is 2.66. The Morgan fingerprint density at radius 1 is 1.16 bits per heavy atom. The molecule has 2 aromatic heterocycles. The summed E-state index contributed by atoms with van der Waals surface area (Å²) in [5.74, 6) is 1.13. The van der Waals surface area contributed by atoms with Crippen LogP contribution >= 0.6 is 15.9 Å². The Bertz CT molecular complexity index is 581. The molecule has 100 valence electrons. The van der Waals surface area contributed by atoms with Crippen LogP contribution in [0.1, 0.15) is 0 Å². The van der Waals surface area contributed by atoms with Crippen LogP contribution in [0.3, 0.4) is 0 Å². The molecule has 3 heterocycles. The van der Waals surface area contributed by atoms with Crippen molar-refractivity contribution in [1.29, 1.82) is 0 Å². The minimum atomic E-state index is 0.179. The molecule has 1 aliphatic heterocycles. The highest BCUT2D eigenvalue weighted by Crippen LogP contribution is 2.14. The van der Waals surface area contributed by atoms with Crippen molar-refractivity contribution < 1.29 is 4.74 Å². The largest absolute Gasteiger partial charge is 0.378 e. The zero-order valence-electron chi connectivity index (χ0n) is 10.0. The molecule has 0 amide bonds. The number of rotatable bonds is 2. The summed E-state index contributed by atoms with van der Waals surface area (Å²) in [6, 6.07) is 0. The molecule has 1 fully saturated rings. The van der Waals surface area contributed by atoms with Crippen LogP contribution < -0.4 is 10.6 Å². The molecule has 0 saturated carbocycles. The third-order valence-corrected chi connectivity index (χ3v) is 3.09. The first-order valence-electron chi connectivity index (χ1n) is 5.77. The summed E-state index contributed by atoms with van der Waals surface area (Å²) >= 11 is 3.33. The van der Waals surface area contributed by atoms with Crippen LogP contribution in [0.2, 0.25) is 0 Å². The zero-order valence-corrected chi connectivity index (χ0v) is 11.6. The molecule has 0 aromatic carbocycles. The van der Waals surface area contributed by atoms with Gasteiger partial charge in [-0.2, -0.15) is 20.1 Å². The second kappa shape index (κ2) is 5.10. The highest BCUT2D eigenvalue weighted by Gasteiger charge is 2.16. The van der Waals surface area contributed by atoms with Gasteiger partial charge in [-0.3, -0.25) is 0 Å². The van der Waals surface area contributed by atoms with E-state index in [4.69, 9.17) is 10.5 Å². The number of nitrogens with zero attached hydrogens (tertiary/aromatic N) is 6. The minimum absolute atomic E-state index is 0.179. The lowest BCUT2D eigenvalue weighted by Gasteiger charge is -2.26. The summed E-state index contributed by atoms with van der Waals surface area (Å²) in [5, 5.41) is 4.13. The third-order valence-electron chi connectivity index (χ3n) is 2.68. The molecule has 0 radical (unpaired) electrons. The molecule has 0 bridgehead atoms. The summed E-state index contributed by atoms with van der Waals surface area (Å²) in [6.07, 6.45) is 3.42. The molecule has 2 N–H and O–H groups in total. The highest BCUT2D eigenvalue weighted by molar-refractivity contribution is 9.10. The standard InChI is InChI=1S/C10H12BrN7O/c11-7-5-13-18(6-7)10-15-8(12)14-9(16-10)17-1-3-19-4-2-17/h5-6H,1-4H2,(H2,12,14,15,16). The first-order valence-corrected chi connectivity index (χ1v) is 6.56. The predicted molar refractivity (Wildman–Crippen MR) is 72.1 cm³/mol. The van der Waals surface area contributed by atoms with E-state index in [-0.39, 0.29) is 5.95 Å². The Balaban J connectivity index is 1.95. The smallest absolute Gasteiger partial charge is 0.257 e. The first-order chi connectivity index (χ1) is 9.22. The van der Waals surface area contributed by atoms with Gasteiger partial charge in [-0.25, -0.2) is 4.68 Å². The van der Waals surface area contributed by atoms with Gasteiger partial charge < -0.3 is 15.4 Å². The van der Waals surface area contributed by atoms with E-state index in [0.717, 1.165) is 17.6 Å². The lowest BCUT2D eigenvalue weighted by Crippen LogP contribution is -2.37. The molecule has 19 heavy (non-hydrogen) atoms. The van der Waals surface area contributed by atoms with Crippen LogP contribution in [0.15, 0.2) is 16.9 Å². The van der Waals surface area contributed by atoms with Crippen molar-refractivity contribution in [3.05, 3.63) is 16.9 Å². The predicted octanol–water partition coefficient (Wildman–Crippen LogP) is 0.239. The topological polar surface area (TPSA) is 95.0 Å². The molecule has 0 atom stereocenters. The number of halogens is 1. The molecule has 9 heteroatoms. The molecule has 0 spiro atoms. The Morgan fingerprint density at radius 2 is 1.89 bits per heavy atom. The fourth-order valence-electron chi connectivity index (χ4n) is 1.79. The quantitative estimate of drug-likeness (QED) is 0.844. The summed E-state index contributed by atoms with van der Waals surface area (Å²) in [5.41, 5.74) is 5.74. The lowest BCUT2D eigenvalue weighted by atomic mass is 10.4. The van der Waals surface area contributed by atoms with Gasteiger partial charge in [-0.1, -0.05) is 0 Å². The number of nitrogens with two attached hydrogens (primary N) is 1. The van der Waals surface area contributed by atoms with Gasteiger partial charge >= 0.3 is 0 Å².